The van der Waals surface area contributed by atoms with E-state index in [1.54, 1.807) is 10.9 Å². The molecule has 0 bridgehead atoms. The third-order valence-corrected chi connectivity index (χ3v) is 1.63. The number of hydrogen-bond donors (Lipinski definition) is 2. The maximum Gasteiger partial charge on any atom is 0.317 e. The first-order valence-corrected chi connectivity index (χ1v) is 4.08. The standard InChI is InChI=1S/C8H13N3O2/c1-11-6-7(4-10-11)2-3-9-5-8(12)13/h4,6,9H,2-3,5H2,1H3,(H,12,13). The minimum absolute atomic E-state index is 0.0141. The second-order valence-corrected chi connectivity index (χ2v) is 2.84. The molecule has 5 heteroatoms. The zero-order chi connectivity index (χ0) is 9.68. The molecule has 0 amide bonds. The van der Waals surface area contributed by atoms with Crippen LogP contribution < -0.4 is 5.32 Å². The molecule has 0 saturated carbocycles. The van der Waals surface area contributed by atoms with Crippen molar-refractivity contribution in [1.29, 1.82) is 0 Å². The molecule has 0 fully saturated rings. The zero-order valence-corrected chi connectivity index (χ0v) is 7.53. The highest BCUT2D eigenvalue weighted by Crippen LogP contribution is 1.95. The van der Waals surface area contributed by atoms with Gasteiger partial charge in [0.25, 0.3) is 0 Å². The SMILES string of the molecule is Cn1cc(CCNCC(=O)O)cn1. The van der Waals surface area contributed by atoms with Gasteiger partial charge < -0.3 is 10.4 Å². The van der Waals surface area contributed by atoms with Crippen LogP contribution in [-0.4, -0.2) is 33.9 Å². The van der Waals surface area contributed by atoms with Crippen molar-refractivity contribution in [3.8, 4) is 0 Å². The average molecular weight is 183 g/mol. The van der Waals surface area contributed by atoms with E-state index in [4.69, 9.17) is 5.11 Å². The van der Waals surface area contributed by atoms with Crippen molar-refractivity contribution in [2.45, 2.75) is 6.42 Å². The van der Waals surface area contributed by atoms with Gasteiger partial charge in [-0.15, -0.1) is 0 Å². The van der Waals surface area contributed by atoms with Gasteiger partial charge >= 0.3 is 5.97 Å². The van der Waals surface area contributed by atoms with E-state index in [2.05, 4.69) is 10.4 Å². The van der Waals surface area contributed by atoms with E-state index in [1.165, 1.54) is 0 Å². The quantitative estimate of drug-likeness (QED) is 0.611. The van der Waals surface area contributed by atoms with E-state index in [9.17, 15) is 4.79 Å². The molecule has 0 saturated heterocycles. The van der Waals surface area contributed by atoms with Crippen LogP contribution in [0, 0.1) is 0 Å². The lowest BCUT2D eigenvalue weighted by molar-refractivity contribution is -0.135. The summed E-state index contributed by atoms with van der Waals surface area (Å²) in [5.41, 5.74) is 1.11. The highest BCUT2D eigenvalue weighted by atomic mass is 16.4. The van der Waals surface area contributed by atoms with Crippen LogP contribution in [0.15, 0.2) is 12.4 Å². The maximum atomic E-state index is 10.1. The summed E-state index contributed by atoms with van der Waals surface area (Å²) in [5.74, 6) is -0.828. The fourth-order valence-electron chi connectivity index (χ4n) is 1.03. The molecule has 1 rings (SSSR count). The normalized spacial score (nSPS) is 10.2. The van der Waals surface area contributed by atoms with Crippen LogP contribution in [0.5, 0.6) is 0 Å². The van der Waals surface area contributed by atoms with E-state index in [0.29, 0.717) is 6.54 Å². The van der Waals surface area contributed by atoms with E-state index >= 15 is 0 Å². The Morgan fingerprint density at radius 2 is 2.54 bits per heavy atom. The topological polar surface area (TPSA) is 67.2 Å². The molecule has 13 heavy (non-hydrogen) atoms. The fraction of sp³-hybridized carbons (Fsp3) is 0.500. The second-order valence-electron chi connectivity index (χ2n) is 2.84. The minimum Gasteiger partial charge on any atom is -0.480 e. The average Bonchev–Trinajstić information content (AvgIpc) is 2.45. The Bertz CT molecular complexity index is 283. The van der Waals surface area contributed by atoms with Crippen molar-refractivity contribution in [3.05, 3.63) is 18.0 Å². The lowest BCUT2D eigenvalue weighted by atomic mass is 10.2. The van der Waals surface area contributed by atoms with Crippen molar-refractivity contribution in [3.63, 3.8) is 0 Å². The van der Waals surface area contributed by atoms with Crippen LogP contribution in [0.3, 0.4) is 0 Å². The third kappa shape index (κ3) is 3.71. The number of aromatic nitrogens is 2. The number of carboxylic acid groups (broad SMARTS) is 1. The molecular weight excluding hydrogens is 170 g/mol. The van der Waals surface area contributed by atoms with Gasteiger partial charge in [-0.05, 0) is 18.5 Å². The van der Waals surface area contributed by atoms with Crippen LogP contribution >= 0.6 is 0 Å². The Morgan fingerprint density at radius 1 is 1.77 bits per heavy atom. The van der Waals surface area contributed by atoms with Gasteiger partial charge in [-0.2, -0.15) is 5.10 Å². The number of carboxylic acids is 1. The first-order chi connectivity index (χ1) is 6.18. The van der Waals surface area contributed by atoms with E-state index in [0.717, 1.165) is 12.0 Å². The molecular formula is C8H13N3O2. The molecule has 0 aliphatic rings. The van der Waals surface area contributed by atoms with Gasteiger partial charge in [0.1, 0.15) is 0 Å². The van der Waals surface area contributed by atoms with E-state index in [1.807, 2.05) is 13.2 Å². The van der Waals surface area contributed by atoms with Gasteiger partial charge in [0, 0.05) is 13.2 Å². The molecule has 2 N–H and O–H groups in total. The van der Waals surface area contributed by atoms with Crippen molar-refractivity contribution in [2.75, 3.05) is 13.1 Å². The van der Waals surface area contributed by atoms with Crippen molar-refractivity contribution < 1.29 is 9.90 Å². The van der Waals surface area contributed by atoms with Crippen LogP contribution in [0.4, 0.5) is 0 Å². The van der Waals surface area contributed by atoms with Gasteiger partial charge in [-0.1, -0.05) is 0 Å². The predicted octanol–water partition coefficient (Wildman–Crippen LogP) is -0.363. The summed E-state index contributed by atoms with van der Waals surface area (Å²) < 4.78 is 1.73. The largest absolute Gasteiger partial charge is 0.480 e. The van der Waals surface area contributed by atoms with E-state index in [-0.39, 0.29) is 6.54 Å². The number of aliphatic carboxylic acids is 1. The molecule has 1 aromatic rings. The Kier molecular flexibility index (Phi) is 3.45. The monoisotopic (exact) mass is 183 g/mol. The summed E-state index contributed by atoms with van der Waals surface area (Å²) in [6.07, 6.45) is 4.51. The van der Waals surface area contributed by atoms with Gasteiger partial charge in [0.15, 0.2) is 0 Å². The van der Waals surface area contributed by atoms with Gasteiger partial charge in [0.2, 0.25) is 0 Å². The molecule has 0 unspecified atom stereocenters. The van der Waals surface area contributed by atoms with Gasteiger partial charge in [-0.3, -0.25) is 9.48 Å². The number of aryl methyl sites for hydroxylation is 1. The number of hydrogen-bond acceptors (Lipinski definition) is 3. The Labute approximate surface area is 76.4 Å². The van der Waals surface area contributed by atoms with Crippen LogP contribution in [0.1, 0.15) is 5.56 Å². The Balaban J connectivity index is 2.16. The molecule has 72 valence electrons. The van der Waals surface area contributed by atoms with Crippen molar-refractivity contribution >= 4 is 5.97 Å². The summed E-state index contributed by atoms with van der Waals surface area (Å²) in [5, 5.41) is 15.1. The van der Waals surface area contributed by atoms with Crippen LogP contribution in [0.2, 0.25) is 0 Å². The van der Waals surface area contributed by atoms with Gasteiger partial charge in [0.05, 0.1) is 12.7 Å². The lowest BCUT2D eigenvalue weighted by Gasteiger charge is -1.98. The molecule has 1 heterocycles. The van der Waals surface area contributed by atoms with Crippen molar-refractivity contribution in [1.82, 2.24) is 15.1 Å². The van der Waals surface area contributed by atoms with Crippen LogP contribution in [0.25, 0.3) is 0 Å². The first-order valence-electron chi connectivity index (χ1n) is 4.08. The Morgan fingerprint density at radius 3 is 3.08 bits per heavy atom. The van der Waals surface area contributed by atoms with Crippen molar-refractivity contribution in [2.24, 2.45) is 7.05 Å². The number of nitrogens with one attached hydrogen (secondary N) is 1. The van der Waals surface area contributed by atoms with E-state index < -0.39 is 5.97 Å². The molecule has 1 aromatic heterocycles. The Hall–Kier alpha value is -1.36. The molecule has 0 atom stereocenters. The van der Waals surface area contributed by atoms with Crippen LogP contribution in [-0.2, 0) is 18.3 Å². The summed E-state index contributed by atoms with van der Waals surface area (Å²) >= 11 is 0. The zero-order valence-electron chi connectivity index (χ0n) is 7.53. The number of carbonyl (C=O) groups is 1. The first kappa shape index (κ1) is 9.73. The maximum absolute atomic E-state index is 10.1. The summed E-state index contributed by atoms with van der Waals surface area (Å²) in [4.78, 5) is 10.1. The molecule has 5 nitrogen and oxygen atoms in total. The highest BCUT2D eigenvalue weighted by molar-refractivity contribution is 5.68. The summed E-state index contributed by atoms with van der Waals surface area (Å²) in [6.45, 7) is 0.679. The minimum atomic E-state index is -0.828. The van der Waals surface area contributed by atoms with Gasteiger partial charge in [-0.25, -0.2) is 0 Å². The third-order valence-electron chi connectivity index (χ3n) is 1.63. The molecule has 0 radical (unpaired) electrons. The second kappa shape index (κ2) is 4.61. The summed E-state index contributed by atoms with van der Waals surface area (Å²) in [6, 6.07) is 0. The predicted molar refractivity (Wildman–Crippen MR) is 47.4 cm³/mol. The molecule has 0 aliphatic carbocycles. The fourth-order valence-corrected chi connectivity index (χ4v) is 1.03. The molecule has 0 spiro atoms. The molecule has 0 aliphatic heterocycles. The summed E-state index contributed by atoms with van der Waals surface area (Å²) in [7, 11) is 1.86. The number of rotatable bonds is 5. The molecule has 0 aromatic carbocycles. The lowest BCUT2D eigenvalue weighted by Crippen LogP contribution is -2.24. The number of nitrogens with zero attached hydrogens (tertiary/aromatic N) is 2. The highest BCUT2D eigenvalue weighted by Gasteiger charge is 1.97. The smallest absolute Gasteiger partial charge is 0.317 e.